The van der Waals surface area contributed by atoms with Crippen molar-refractivity contribution in [3.05, 3.63) is 53.0 Å². The lowest BCUT2D eigenvalue weighted by Crippen LogP contribution is -2.16. The van der Waals surface area contributed by atoms with E-state index in [2.05, 4.69) is 15.4 Å². The van der Waals surface area contributed by atoms with Crippen molar-refractivity contribution in [3.8, 4) is 28.7 Å². The molecule has 0 aliphatic carbocycles. The highest BCUT2D eigenvalue weighted by Gasteiger charge is 2.37. The number of furan rings is 1. The number of carbonyl (C=O) groups is 1. The van der Waals surface area contributed by atoms with Crippen LogP contribution in [0.15, 0.2) is 41.0 Å². The molecule has 1 N–H and O–H groups in total. The summed E-state index contributed by atoms with van der Waals surface area (Å²) in [6.45, 7) is 0. The predicted molar refractivity (Wildman–Crippen MR) is 115 cm³/mol. The standard InChI is InChI=1S/C21H16ClF3N4O5/c1-31-13-7-10(8-14(32-2)18(13)33-3)26-20(30)17-16(22)19-27-11(12-5-4-6-34-12)9-15(21(23,24)25)29(19)28-17/h4-9H,1-3H3,(H,26,30). The monoisotopic (exact) mass is 496 g/mol. The largest absolute Gasteiger partial charge is 0.493 e. The number of carbonyl (C=O) groups excluding carboxylic acids is 1. The zero-order chi connectivity index (χ0) is 24.6. The summed E-state index contributed by atoms with van der Waals surface area (Å²) in [5, 5.41) is 5.94. The highest BCUT2D eigenvalue weighted by molar-refractivity contribution is 6.37. The normalized spacial score (nSPS) is 11.5. The van der Waals surface area contributed by atoms with Crippen LogP contribution in [-0.2, 0) is 6.18 Å². The molecule has 3 heterocycles. The number of halogens is 4. The van der Waals surface area contributed by atoms with Gasteiger partial charge in [-0.3, -0.25) is 4.79 Å². The molecule has 0 spiro atoms. The van der Waals surface area contributed by atoms with E-state index in [0.717, 1.165) is 6.07 Å². The SMILES string of the molecule is COc1cc(NC(=O)c2nn3c(C(F)(F)F)cc(-c4ccco4)nc3c2Cl)cc(OC)c1OC. The number of amides is 1. The van der Waals surface area contributed by atoms with Crippen molar-refractivity contribution in [3.63, 3.8) is 0 Å². The summed E-state index contributed by atoms with van der Waals surface area (Å²) in [6.07, 6.45) is -3.52. The average molecular weight is 497 g/mol. The second-order valence-electron chi connectivity index (χ2n) is 6.77. The van der Waals surface area contributed by atoms with E-state index in [1.807, 2.05) is 0 Å². The smallest absolute Gasteiger partial charge is 0.433 e. The van der Waals surface area contributed by atoms with E-state index in [0.29, 0.717) is 10.3 Å². The number of rotatable bonds is 6. The maximum atomic E-state index is 13.8. The first-order valence-electron chi connectivity index (χ1n) is 9.49. The summed E-state index contributed by atoms with van der Waals surface area (Å²) in [5.41, 5.74) is -1.93. The molecule has 0 atom stereocenters. The van der Waals surface area contributed by atoms with Crippen molar-refractivity contribution in [1.29, 1.82) is 0 Å². The molecule has 0 saturated carbocycles. The minimum atomic E-state index is -4.82. The second-order valence-corrected chi connectivity index (χ2v) is 7.15. The molecule has 0 saturated heterocycles. The Labute approximate surface area is 195 Å². The number of aromatic nitrogens is 3. The fourth-order valence-corrected chi connectivity index (χ4v) is 3.48. The first-order valence-corrected chi connectivity index (χ1v) is 9.87. The van der Waals surface area contributed by atoms with E-state index >= 15 is 0 Å². The number of ether oxygens (including phenoxy) is 3. The van der Waals surface area contributed by atoms with Gasteiger partial charge in [0.05, 0.1) is 27.6 Å². The zero-order valence-corrected chi connectivity index (χ0v) is 18.6. The summed E-state index contributed by atoms with van der Waals surface area (Å²) >= 11 is 6.26. The van der Waals surface area contributed by atoms with Gasteiger partial charge in [-0.05, 0) is 18.2 Å². The Hall–Kier alpha value is -3.93. The van der Waals surface area contributed by atoms with Gasteiger partial charge in [-0.15, -0.1) is 0 Å². The molecule has 3 aromatic heterocycles. The highest BCUT2D eigenvalue weighted by Crippen LogP contribution is 2.40. The lowest BCUT2D eigenvalue weighted by Gasteiger charge is -2.14. The molecule has 0 aliphatic heterocycles. The van der Waals surface area contributed by atoms with E-state index in [4.69, 9.17) is 30.2 Å². The molecule has 0 fully saturated rings. The molecule has 34 heavy (non-hydrogen) atoms. The fraction of sp³-hybridized carbons (Fsp3) is 0.190. The van der Waals surface area contributed by atoms with Crippen LogP contribution in [0.5, 0.6) is 17.2 Å². The molecule has 0 bridgehead atoms. The molecule has 4 aromatic rings. The molecular formula is C21H16ClF3N4O5. The molecule has 0 unspecified atom stereocenters. The Kier molecular flexibility index (Phi) is 6.00. The Morgan fingerprint density at radius 2 is 1.79 bits per heavy atom. The van der Waals surface area contributed by atoms with Crippen LogP contribution in [0.4, 0.5) is 18.9 Å². The van der Waals surface area contributed by atoms with Gasteiger partial charge in [-0.2, -0.15) is 18.3 Å². The molecule has 13 heteroatoms. The van der Waals surface area contributed by atoms with Crippen LogP contribution >= 0.6 is 11.6 Å². The Bertz CT molecular complexity index is 1340. The van der Waals surface area contributed by atoms with Crippen LogP contribution in [-0.4, -0.2) is 41.8 Å². The van der Waals surface area contributed by atoms with Gasteiger partial charge in [0.15, 0.2) is 34.3 Å². The van der Waals surface area contributed by atoms with Crippen LogP contribution in [0, 0.1) is 0 Å². The van der Waals surface area contributed by atoms with Crippen molar-refractivity contribution in [2.75, 3.05) is 26.6 Å². The van der Waals surface area contributed by atoms with Crippen molar-refractivity contribution < 1.29 is 36.6 Å². The summed E-state index contributed by atoms with van der Waals surface area (Å²) < 4.78 is 62.6. The minimum absolute atomic E-state index is 0.0914. The van der Waals surface area contributed by atoms with Crippen LogP contribution < -0.4 is 19.5 Å². The fourth-order valence-electron chi connectivity index (χ4n) is 3.23. The molecule has 9 nitrogen and oxygen atoms in total. The van der Waals surface area contributed by atoms with Crippen LogP contribution in [0.3, 0.4) is 0 Å². The van der Waals surface area contributed by atoms with E-state index in [1.165, 1.54) is 51.9 Å². The van der Waals surface area contributed by atoms with Crippen molar-refractivity contribution in [1.82, 2.24) is 14.6 Å². The maximum absolute atomic E-state index is 13.8. The number of hydrogen-bond acceptors (Lipinski definition) is 7. The average Bonchev–Trinajstić information content (AvgIpc) is 3.45. The van der Waals surface area contributed by atoms with Gasteiger partial charge in [0.1, 0.15) is 10.7 Å². The van der Waals surface area contributed by atoms with Crippen LogP contribution in [0.1, 0.15) is 16.2 Å². The minimum Gasteiger partial charge on any atom is -0.493 e. The van der Waals surface area contributed by atoms with Gasteiger partial charge in [0.2, 0.25) is 5.75 Å². The summed E-state index contributed by atoms with van der Waals surface area (Å²) in [5.74, 6) is 0.00842. The number of nitrogens with one attached hydrogen (secondary N) is 1. The summed E-state index contributed by atoms with van der Waals surface area (Å²) in [6, 6.07) is 6.59. The molecular weight excluding hydrogens is 481 g/mol. The van der Waals surface area contributed by atoms with E-state index in [9.17, 15) is 18.0 Å². The Balaban J connectivity index is 1.80. The summed E-state index contributed by atoms with van der Waals surface area (Å²) in [4.78, 5) is 17.0. The van der Waals surface area contributed by atoms with Crippen LogP contribution in [0.25, 0.3) is 17.1 Å². The topological polar surface area (TPSA) is 100 Å². The van der Waals surface area contributed by atoms with Gasteiger partial charge in [0, 0.05) is 17.8 Å². The summed E-state index contributed by atoms with van der Waals surface area (Å²) in [7, 11) is 4.20. The van der Waals surface area contributed by atoms with E-state index in [-0.39, 0.29) is 39.3 Å². The van der Waals surface area contributed by atoms with Gasteiger partial charge in [-0.1, -0.05) is 11.6 Å². The molecule has 0 aliphatic rings. The number of anilines is 1. The van der Waals surface area contributed by atoms with Gasteiger partial charge in [-0.25, -0.2) is 9.50 Å². The first-order chi connectivity index (χ1) is 16.2. The van der Waals surface area contributed by atoms with Gasteiger partial charge in [0.25, 0.3) is 5.91 Å². The third kappa shape index (κ3) is 4.07. The first kappa shape index (κ1) is 23.2. The quantitative estimate of drug-likeness (QED) is 0.403. The lowest BCUT2D eigenvalue weighted by molar-refractivity contribution is -0.142. The Morgan fingerprint density at radius 3 is 2.32 bits per heavy atom. The van der Waals surface area contributed by atoms with Gasteiger partial charge >= 0.3 is 6.18 Å². The number of hydrogen-bond donors (Lipinski definition) is 1. The molecule has 178 valence electrons. The van der Waals surface area contributed by atoms with E-state index in [1.54, 1.807) is 0 Å². The number of methoxy groups -OCH3 is 3. The van der Waals surface area contributed by atoms with Gasteiger partial charge < -0.3 is 23.9 Å². The Morgan fingerprint density at radius 1 is 1.12 bits per heavy atom. The van der Waals surface area contributed by atoms with Crippen molar-refractivity contribution in [2.24, 2.45) is 0 Å². The van der Waals surface area contributed by atoms with Crippen molar-refractivity contribution in [2.45, 2.75) is 6.18 Å². The number of benzene rings is 1. The van der Waals surface area contributed by atoms with Crippen LogP contribution in [0.2, 0.25) is 5.02 Å². The number of nitrogens with zero attached hydrogens (tertiary/aromatic N) is 3. The molecule has 1 aromatic carbocycles. The predicted octanol–water partition coefficient (Wildman–Crippen LogP) is 4.94. The third-order valence-corrected chi connectivity index (χ3v) is 5.08. The maximum Gasteiger partial charge on any atom is 0.433 e. The molecule has 0 radical (unpaired) electrons. The van der Waals surface area contributed by atoms with E-state index < -0.39 is 23.5 Å². The number of fused-ring (bicyclic) bond motifs is 1. The van der Waals surface area contributed by atoms with Crippen molar-refractivity contribution >= 4 is 28.8 Å². The highest BCUT2D eigenvalue weighted by atomic mass is 35.5. The number of alkyl halides is 3. The zero-order valence-electron chi connectivity index (χ0n) is 17.9. The lowest BCUT2D eigenvalue weighted by atomic mass is 10.2. The molecule has 1 amide bonds. The second kappa shape index (κ2) is 8.78. The molecule has 4 rings (SSSR count). The third-order valence-electron chi connectivity index (χ3n) is 4.73.